The maximum Gasteiger partial charge on any atom is 0.153 e. The summed E-state index contributed by atoms with van der Waals surface area (Å²) in [6, 6.07) is 0. The van der Waals surface area contributed by atoms with Crippen molar-refractivity contribution in [1.29, 1.82) is 0 Å². The van der Waals surface area contributed by atoms with Crippen molar-refractivity contribution in [3.8, 4) is 0 Å². The molecule has 1 nitrogen and oxygen atoms in total. The number of halogens is 2. The number of Topliss-reactive ketones (excluding diaryl/α,β-unsaturated/α-hetero) is 1. The highest BCUT2D eigenvalue weighted by molar-refractivity contribution is 9.10. The molecule has 2 unspecified atom stereocenters. The Morgan fingerprint density at radius 3 is 2.46 bits per heavy atom. The molecule has 2 rings (SSSR count). The summed E-state index contributed by atoms with van der Waals surface area (Å²) in [5.74, 6) is 0.954. The molecule has 2 fully saturated rings. The zero-order chi connectivity index (χ0) is 9.85. The van der Waals surface area contributed by atoms with Crippen LogP contribution >= 0.6 is 31.9 Å². The molecule has 0 aromatic rings. The van der Waals surface area contributed by atoms with Gasteiger partial charge in [-0.05, 0) is 24.2 Å². The number of rotatable bonds is 1. The highest BCUT2D eigenvalue weighted by Crippen LogP contribution is 2.65. The molecule has 0 aromatic heterocycles. The van der Waals surface area contributed by atoms with Crippen LogP contribution in [0.5, 0.6) is 0 Å². The van der Waals surface area contributed by atoms with Crippen molar-refractivity contribution in [3.63, 3.8) is 0 Å². The second kappa shape index (κ2) is 2.82. The number of hydrogen-bond donors (Lipinski definition) is 0. The van der Waals surface area contributed by atoms with Crippen LogP contribution in [0.2, 0.25) is 0 Å². The smallest absolute Gasteiger partial charge is 0.153 e. The first-order chi connectivity index (χ1) is 5.97. The molecule has 0 aliphatic heterocycles. The average Bonchev–Trinajstić information content (AvgIpc) is 2.44. The van der Waals surface area contributed by atoms with Crippen molar-refractivity contribution < 1.29 is 4.79 Å². The van der Waals surface area contributed by atoms with Crippen molar-refractivity contribution in [2.45, 2.75) is 31.5 Å². The van der Waals surface area contributed by atoms with Gasteiger partial charge >= 0.3 is 0 Å². The first kappa shape index (κ1) is 10.2. The molecule has 74 valence electrons. The highest BCUT2D eigenvalue weighted by atomic mass is 79.9. The summed E-state index contributed by atoms with van der Waals surface area (Å²) in [6.45, 7) is 4.39. The standard InChI is InChI=1S/C10H14Br2O/c1-9-4-3-6(7(12)8(9)13)10(9,2)5-11/h6-7H,3-5H2,1-2H3/t6?,7-,9?,10-/m0/s1. The van der Waals surface area contributed by atoms with Gasteiger partial charge in [0, 0.05) is 10.7 Å². The quantitative estimate of drug-likeness (QED) is 0.680. The molecule has 2 bridgehead atoms. The van der Waals surface area contributed by atoms with Gasteiger partial charge in [0.15, 0.2) is 5.78 Å². The van der Waals surface area contributed by atoms with Crippen LogP contribution in [0.1, 0.15) is 26.7 Å². The maximum atomic E-state index is 12.0. The first-order valence-electron chi connectivity index (χ1n) is 4.72. The van der Waals surface area contributed by atoms with E-state index in [0.29, 0.717) is 11.7 Å². The summed E-state index contributed by atoms with van der Waals surface area (Å²) in [4.78, 5) is 12.1. The zero-order valence-electron chi connectivity index (χ0n) is 7.94. The Kier molecular flexibility index (Phi) is 2.20. The summed E-state index contributed by atoms with van der Waals surface area (Å²) in [5, 5.41) is 0.939. The molecule has 13 heavy (non-hydrogen) atoms. The molecule has 0 radical (unpaired) electrons. The molecule has 0 heterocycles. The van der Waals surface area contributed by atoms with Crippen LogP contribution in [0, 0.1) is 16.7 Å². The van der Waals surface area contributed by atoms with E-state index in [2.05, 4.69) is 45.7 Å². The van der Waals surface area contributed by atoms with Crippen LogP contribution in [0.4, 0.5) is 0 Å². The van der Waals surface area contributed by atoms with Crippen molar-refractivity contribution in [2.75, 3.05) is 5.33 Å². The van der Waals surface area contributed by atoms with E-state index in [1.807, 2.05) is 0 Å². The molecular weight excluding hydrogens is 296 g/mol. The van der Waals surface area contributed by atoms with Crippen LogP contribution in [0.3, 0.4) is 0 Å². The second-order valence-electron chi connectivity index (χ2n) is 4.79. The number of carbonyl (C=O) groups excluding carboxylic acids is 1. The third kappa shape index (κ3) is 0.956. The van der Waals surface area contributed by atoms with E-state index >= 15 is 0 Å². The van der Waals surface area contributed by atoms with E-state index in [0.717, 1.165) is 11.8 Å². The van der Waals surface area contributed by atoms with E-state index < -0.39 is 0 Å². The van der Waals surface area contributed by atoms with Crippen molar-refractivity contribution in [3.05, 3.63) is 0 Å². The van der Waals surface area contributed by atoms with E-state index in [4.69, 9.17) is 0 Å². The van der Waals surface area contributed by atoms with Gasteiger partial charge in [-0.15, -0.1) is 0 Å². The van der Waals surface area contributed by atoms with Gasteiger partial charge in [0.05, 0.1) is 4.83 Å². The molecule has 0 amide bonds. The number of hydrogen-bond acceptors (Lipinski definition) is 1. The predicted octanol–water partition coefficient (Wildman–Crippen LogP) is 3.15. The fourth-order valence-electron chi connectivity index (χ4n) is 3.07. The van der Waals surface area contributed by atoms with Gasteiger partial charge in [-0.3, -0.25) is 4.79 Å². The lowest BCUT2D eigenvalue weighted by molar-refractivity contribution is -0.127. The lowest BCUT2D eigenvalue weighted by Crippen LogP contribution is -2.36. The van der Waals surface area contributed by atoms with Crippen molar-refractivity contribution >= 4 is 37.6 Å². The zero-order valence-corrected chi connectivity index (χ0v) is 11.1. The minimum absolute atomic E-state index is 0.0880. The van der Waals surface area contributed by atoms with Crippen molar-refractivity contribution in [1.82, 2.24) is 0 Å². The van der Waals surface area contributed by atoms with Crippen molar-refractivity contribution in [2.24, 2.45) is 16.7 Å². The van der Waals surface area contributed by atoms with E-state index in [1.165, 1.54) is 6.42 Å². The van der Waals surface area contributed by atoms with Crippen LogP contribution in [0.15, 0.2) is 0 Å². The van der Waals surface area contributed by atoms with E-state index in [-0.39, 0.29) is 15.7 Å². The summed E-state index contributed by atoms with van der Waals surface area (Å²) in [7, 11) is 0. The Morgan fingerprint density at radius 1 is 1.54 bits per heavy atom. The van der Waals surface area contributed by atoms with E-state index in [9.17, 15) is 4.79 Å². The lowest BCUT2D eigenvalue weighted by atomic mass is 9.70. The van der Waals surface area contributed by atoms with E-state index in [1.54, 1.807) is 0 Å². The summed E-state index contributed by atoms with van der Waals surface area (Å²) in [5.41, 5.74) is 0.0770. The monoisotopic (exact) mass is 308 g/mol. The largest absolute Gasteiger partial charge is 0.298 e. The Balaban J connectivity index is 2.49. The fraction of sp³-hybridized carbons (Fsp3) is 0.900. The molecule has 0 aromatic carbocycles. The van der Waals surface area contributed by atoms with Gasteiger partial charge in [0.25, 0.3) is 0 Å². The average molecular weight is 310 g/mol. The molecule has 0 N–H and O–H groups in total. The number of fused-ring (bicyclic) bond motifs is 2. The third-order valence-corrected chi connectivity index (χ3v) is 6.68. The Hall–Kier alpha value is 0.630. The Bertz CT molecular complexity index is 266. The molecule has 0 saturated heterocycles. The molecular formula is C10H14Br2O. The Labute approximate surface area is 95.9 Å². The predicted molar refractivity (Wildman–Crippen MR) is 60.5 cm³/mol. The number of alkyl halides is 2. The normalized spacial score (nSPS) is 54.6. The van der Waals surface area contributed by atoms with Gasteiger partial charge in [-0.1, -0.05) is 45.7 Å². The van der Waals surface area contributed by atoms with Gasteiger partial charge < -0.3 is 0 Å². The molecule has 4 atom stereocenters. The molecule has 2 aliphatic carbocycles. The summed E-state index contributed by atoms with van der Waals surface area (Å²) in [6.07, 6.45) is 2.26. The Morgan fingerprint density at radius 2 is 2.15 bits per heavy atom. The van der Waals surface area contributed by atoms with Gasteiger partial charge in [-0.25, -0.2) is 0 Å². The number of ketones is 1. The lowest BCUT2D eigenvalue weighted by Gasteiger charge is -2.34. The summed E-state index contributed by atoms with van der Waals surface area (Å²) < 4.78 is 0. The topological polar surface area (TPSA) is 17.1 Å². The molecule has 3 heteroatoms. The van der Waals surface area contributed by atoms with Crippen LogP contribution < -0.4 is 0 Å². The van der Waals surface area contributed by atoms with Gasteiger partial charge in [-0.2, -0.15) is 0 Å². The van der Waals surface area contributed by atoms with Gasteiger partial charge in [0.1, 0.15) is 0 Å². The minimum Gasteiger partial charge on any atom is -0.298 e. The minimum atomic E-state index is -0.0880. The second-order valence-corrected chi connectivity index (χ2v) is 6.34. The highest BCUT2D eigenvalue weighted by Gasteiger charge is 2.67. The maximum absolute atomic E-state index is 12.0. The molecule has 2 aliphatic rings. The first-order valence-corrected chi connectivity index (χ1v) is 6.75. The van der Waals surface area contributed by atoms with Gasteiger partial charge in [0.2, 0.25) is 0 Å². The SMILES string of the molecule is CC12CCC([C@H](Br)C1=O)[C@]2(C)CBr. The number of carbonyl (C=O) groups is 1. The summed E-state index contributed by atoms with van der Waals surface area (Å²) >= 11 is 7.11. The van der Waals surface area contributed by atoms with Crippen LogP contribution in [-0.4, -0.2) is 15.9 Å². The van der Waals surface area contributed by atoms with Crippen LogP contribution in [0.25, 0.3) is 0 Å². The fourth-order valence-corrected chi connectivity index (χ4v) is 5.45. The third-order valence-electron chi connectivity index (χ3n) is 4.46. The molecule has 0 spiro atoms. The molecule has 2 saturated carbocycles. The van der Waals surface area contributed by atoms with Crippen LogP contribution in [-0.2, 0) is 4.79 Å².